The first kappa shape index (κ1) is 11.6. The van der Waals surface area contributed by atoms with E-state index >= 15 is 0 Å². The lowest BCUT2D eigenvalue weighted by Crippen LogP contribution is -2.40. The van der Waals surface area contributed by atoms with Gasteiger partial charge in [-0.1, -0.05) is 0 Å². The van der Waals surface area contributed by atoms with E-state index in [1.807, 2.05) is 4.90 Å². The van der Waals surface area contributed by atoms with Crippen molar-refractivity contribution in [3.8, 4) is 0 Å². The molecular formula is C11H17N5O. The summed E-state index contributed by atoms with van der Waals surface area (Å²) in [5.41, 5.74) is 6.33. The van der Waals surface area contributed by atoms with Crippen molar-refractivity contribution >= 4 is 11.9 Å². The van der Waals surface area contributed by atoms with Crippen LogP contribution < -0.4 is 11.3 Å². The molecule has 0 radical (unpaired) electrons. The summed E-state index contributed by atoms with van der Waals surface area (Å²) < 4.78 is 0. The molecule has 6 nitrogen and oxygen atoms in total. The quantitative estimate of drug-likeness (QED) is 0.548. The van der Waals surface area contributed by atoms with Crippen LogP contribution in [0, 0.1) is 6.92 Å². The molecule has 1 aromatic rings. The molecule has 2 heterocycles. The van der Waals surface area contributed by atoms with Crippen LogP contribution in [0.5, 0.6) is 0 Å². The van der Waals surface area contributed by atoms with Crippen LogP contribution in [-0.4, -0.2) is 33.9 Å². The van der Waals surface area contributed by atoms with Gasteiger partial charge in [0, 0.05) is 24.8 Å². The summed E-state index contributed by atoms with van der Waals surface area (Å²) in [7, 11) is 0. The van der Waals surface area contributed by atoms with Crippen molar-refractivity contribution in [2.24, 2.45) is 10.7 Å². The van der Waals surface area contributed by atoms with Gasteiger partial charge in [-0.15, -0.1) is 0 Å². The monoisotopic (exact) mass is 235 g/mol. The lowest BCUT2D eigenvalue weighted by atomic mass is 10.1. The van der Waals surface area contributed by atoms with E-state index in [2.05, 4.69) is 15.0 Å². The van der Waals surface area contributed by atoms with E-state index in [0.717, 1.165) is 25.9 Å². The Morgan fingerprint density at radius 3 is 2.82 bits per heavy atom. The van der Waals surface area contributed by atoms with Gasteiger partial charge in [0.05, 0.1) is 0 Å². The fourth-order valence-corrected chi connectivity index (χ4v) is 1.92. The minimum Gasteiger partial charge on any atom is -0.369 e. The highest BCUT2D eigenvalue weighted by Gasteiger charge is 2.12. The molecule has 0 atom stereocenters. The third-order valence-electron chi connectivity index (χ3n) is 2.76. The molecule has 1 aromatic heterocycles. The van der Waals surface area contributed by atoms with Gasteiger partial charge in [-0.05, 0) is 26.2 Å². The van der Waals surface area contributed by atoms with E-state index in [0.29, 0.717) is 11.7 Å². The van der Waals surface area contributed by atoms with Gasteiger partial charge in [-0.3, -0.25) is 9.78 Å². The molecule has 0 unspecified atom stereocenters. The number of H-pyrrole nitrogens is 1. The van der Waals surface area contributed by atoms with Crippen LogP contribution >= 0.6 is 0 Å². The second-order valence-electron chi connectivity index (χ2n) is 4.23. The molecule has 0 saturated carbocycles. The smallest absolute Gasteiger partial charge is 0.252 e. The molecule has 17 heavy (non-hydrogen) atoms. The Balaban J connectivity index is 2.19. The van der Waals surface area contributed by atoms with Crippen LogP contribution in [0.15, 0.2) is 15.9 Å². The number of aliphatic imine (C=N–C) groups is 1. The van der Waals surface area contributed by atoms with Crippen molar-refractivity contribution in [1.29, 1.82) is 0 Å². The summed E-state index contributed by atoms with van der Waals surface area (Å²) in [6.07, 6.45) is 3.51. The van der Waals surface area contributed by atoms with Gasteiger partial charge >= 0.3 is 0 Å². The summed E-state index contributed by atoms with van der Waals surface area (Å²) in [4.78, 5) is 24.1. The Bertz CT molecular complexity index is 473. The highest BCUT2D eigenvalue weighted by Crippen LogP contribution is 2.09. The Kier molecular flexibility index (Phi) is 3.41. The van der Waals surface area contributed by atoms with Crippen LogP contribution in [0.4, 0.5) is 5.95 Å². The topological polar surface area (TPSA) is 87.4 Å². The number of nitrogens with zero attached hydrogens (tertiary/aromatic N) is 3. The Morgan fingerprint density at radius 2 is 2.18 bits per heavy atom. The highest BCUT2D eigenvalue weighted by molar-refractivity contribution is 5.80. The molecule has 1 fully saturated rings. The summed E-state index contributed by atoms with van der Waals surface area (Å²) in [5.74, 6) is 0.705. The largest absolute Gasteiger partial charge is 0.369 e. The van der Waals surface area contributed by atoms with Crippen LogP contribution in [-0.2, 0) is 0 Å². The predicted molar refractivity (Wildman–Crippen MR) is 66.3 cm³/mol. The second-order valence-corrected chi connectivity index (χ2v) is 4.23. The number of likely N-dealkylation sites (tertiary alicyclic amines) is 1. The third kappa shape index (κ3) is 3.05. The molecule has 0 aliphatic carbocycles. The molecule has 2 rings (SSSR count). The Labute approximate surface area is 99.6 Å². The molecule has 3 N–H and O–H groups in total. The molecule has 1 aliphatic heterocycles. The zero-order chi connectivity index (χ0) is 12.3. The van der Waals surface area contributed by atoms with Gasteiger partial charge in [-0.25, -0.2) is 4.98 Å². The third-order valence-corrected chi connectivity index (χ3v) is 2.76. The van der Waals surface area contributed by atoms with Crippen LogP contribution in [0.25, 0.3) is 0 Å². The zero-order valence-electron chi connectivity index (χ0n) is 9.94. The fourth-order valence-electron chi connectivity index (χ4n) is 1.92. The average molecular weight is 235 g/mol. The highest BCUT2D eigenvalue weighted by atomic mass is 16.1. The number of rotatable bonds is 1. The average Bonchev–Trinajstić information content (AvgIpc) is 2.28. The maximum atomic E-state index is 11.2. The fraction of sp³-hybridized carbons (Fsp3) is 0.545. The molecule has 0 amide bonds. The van der Waals surface area contributed by atoms with E-state index < -0.39 is 0 Å². The molecule has 92 valence electrons. The Hall–Kier alpha value is -1.85. The van der Waals surface area contributed by atoms with Gasteiger partial charge in [-0.2, -0.15) is 4.99 Å². The van der Waals surface area contributed by atoms with Gasteiger partial charge in [0.2, 0.25) is 5.95 Å². The van der Waals surface area contributed by atoms with Crippen LogP contribution in [0.1, 0.15) is 25.0 Å². The van der Waals surface area contributed by atoms with Crippen molar-refractivity contribution in [1.82, 2.24) is 14.9 Å². The minimum atomic E-state index is -0.206. The number of hydrogen-bond acceptors (Lipinski definition) is 3. The van der Waals surface area contributed by atoms with Gasteiger partial charge in [0.15, 0.2) is 5.96 Å². The summed E-state index contributed by atoms with van der Waals surface area (Å²) in [6.45, 7) is 3.60. The Morgan fingerprint density at radius 1 is 1.47 bits per heavy atom. The van der Waals surface area contributed by atoms with Crippen molar-refractivity contribution in [3.63, 3.8) is 0 Å². The van der Waals surface area contributed by atoms with Gasteiger partial charge < -0.3 is 10.6 Å². The van der Waals surface area contributed by atoms with Crippen molar-refractivity contribution in [2.45, 2.75) is 26.2 Å². The predicted octanol–water partition coefficient (Wildman–Crippen LogP) is 0.510. The summed E-state index contributed by atoms with van der Waals surface area (Å²) in [6, 6.07) is 1.43. The lowest BCUT2D eigenvalue weighted by molar-refractivity contribution is 0.339. The number of aromatic nitrogens is 2. The second kappa shape index (κ2) is 4.99. The molecular weight excluding hydrogens is 218 g/mol. The number of hydrogen-bond donors (Lipinski definition) is 2. The van der Waals surface area contributed by atoms with Gasteiger partial charge in [0.25, 0.3) is 5.56 Å². The molecule has 0 bridgehead atoms. The normalized spacial score (nSPS) is 17.2. The lowest BCUT2D eigenvalue weighted by Gasteiger charge is -2.27. The van der Waals surface area contributed by atoms with Crippen molar-refractivity contribution in [3.05, 3.63) is 22.1 Å². The number of guanidine groups is 1. The maximum absolute atomic E-state index is 11.2. The zero-order valence-corrected chi connectivity index (χ0v) is 9.94. The van der Waals surface area contributed by atoms with E-state index in [1.165, 1.54) is 12.5 Å². The maximum Gasteiger partial charge on any atom is 0.252 e. The van der Waals surface area contributed by atoms with Gasteiger partial charge in [0.1, 0.15) is 0 Å². The van der Waals surface area contributed by atoms with Crippen LogP contribution in [0.2, 0.25) is 0 Å². The van der Waals surface area contributed by atoms with E-state index in [1.54, 1.807) is 6.92 Å². The summed E-state index contributed by atoms with van der Waals surface area (Å²) >= 11 is 0. The van der Waals surface area contributed by atoms with Crippen LogP contribution in [0.3, 0.4) is 0 Å². The number of nitrogens with two attached hydrogens (primary N) is 1. The molecule has 0 aromatic carbocycles. The number of piperidine rings is 1. The summed E-state index contributed by atoms with van der Waals surface area (Å²) in [5, 5.41) is 0. The standard InChI is InChI=1S/C11H17N5O/c1-8-7-9(17)14-11(13-8)15-10(12)16-5-3-2-4-6-16/h7H,2-6H2,1H3,(H3,12,13,14,15,17). The van der Waals surface area contributed by atoms with Crippen molar-refractivity contribution < 1.29 is 0 Å². The van der Waals surface area contributed by atoms with Crippen molar-refractivity contribution in [2.75, 3.05) is 13.1 Å². The minimum absolute atomic E-state index is 0.206. The first-order valence-electron chi connectivity index (χ1n) is 5.82. The molecule has 0 spiro atoms. The van der Waals surface area contributed by atoms with E-state index in [9.17, 15) is 4.79 Å². The van der Waals surface area contributed by atoms with E-state index in [-0.39, 0.29) is 11.5 Å². The first-order chi connectivity index (χ1) is 8.15. The number of nitrogens with one attached hydrogen (secondary N) is 1. The first-order valence-corrected chi connectivity index (χ1v) is 5.82. The molecule has 1 saturated heterocycles. The molecule has 6 heteroatoms. The number of aromatic amines is 1. The van der Waals surface area contributed by atoms with E-state index in [4.69, 9.17) is 5.73 Å². The number of aryl methyl sites for hydroxylation is 1. The molecule has 1 aliphatic rings. The SMILES string of the molecule is Cc1cc(=O)[nH]c(/N=C(\N)N2CCCCC2)n1.